The van der Waals surface area contributed by atoms with Crippen LogP contribution in [0, 0.1) is 0 Å². The van der Waals surface area contributed by atoms with Gasteiger partial charge in [0.15, 0.2) is 0 Å². The molecular formula is C10H16BrNOS. The first-order valence-corrected chi connectivity index (χ1v) is 6.38. The van der Waals surface area contributed by atoms with Gasteiger partial charge in [-0.3, -0.25) is 0 Å². The quantitative estimate of drug-likeness (QED) is 0.863. The Balaban J connectivity index is 2.46. The third-order valence-electron chi connectivity index (χ3n) is 1.93. The molecule has 1 atom stereocenters. The van der Waals surface area contributed by atoms with Crippen LogP contribution in [0.2, 0.25) is 0 Å². The molecule has 1 unspecified atom stereocenters. The van der Waals surface area contributed by atoms with Crippen LogP contribution in [0.4, 0.5) is 0 Å². The third-order valence-corrected chi connectivity index (χ3v) is 3.65. The zero-order chi connectivity index (χ0) is 10.4. The summed E-state index contributed by atoms with van der Waals surface area (Å²) in [5.74, 6) is 0. The number of nitrogens with one attached hydrogen (secondary N) is 1. The van der Waals surface area contributed by atoms with Gasteiger partial charge >= 0.3 is 0 Å². The molecule has 80 valence electrons. The molecule has 1 aromatic heterocycles. The number of hydrogen-bond donors (Lipinski definition) is 1. The second kappa shape index (κ2) is 6.56. The maximum atomic E-state index is 5.17. The normalized spacial score (nSPS) is 13.1. The van der Waals surface area contributed by atoms with E-state index in [0.717, 1.165) is 19.6 Å². The minimum atomic E-state index is 0.426. The minimum absolute atomic E-state index is 0.426. The van der Waals surface area contributed by atoms with E-state index >= 15 is 0 Å². The van der Waals surface area contributed by atoms with Crippen LogP contribution in [0.25, 0.3) is 0 Å². The van der Waals surface area contributed by atoms with Crippen LogP contribution in [0.1, 0.15) is 11.8 Å². The molecule has 14 heavy (non-hydrogen) atoms. The van der Waals surface area contributed by atoms with Crippen molar-refractivity contribution in [1.82, 2.24) is 5.32 Å². The second-order valence-electron chi connectivity index (χ2n) is 3.15. The van der Waals surface area contributed by atoms with Gasteiger partial charge in [-0.15, -0.1) is 11.3 Å². The Morgan fingerprint density at radius 1 is 1.64 bits per heavy atom. The summed E-state index contributed by atoms with van der Waals surface area (Å²) in [5, 5.41) is 5.52. The van der Waals surface area contributed by atoms with Crippen LogP contribution in [0.5, 0.6) is 0 Å². The van der Waals surface area contributed by atoms with Gasteiger partial charge in [0.05, 0.1) is 6.61 Å². The van der Waals surface area contributed by atoms with Crippen molar-refractivity contribution in [2.24, 2.45) is 0 Å². The molecule has 1 rings (SSSR count). The Kier molecular flexibility index (Phi) is 5.70. The number of rotatable bonds is 6. The first kappa shape index (κ1) is 12.2. The van der Waals surface area contributed by atoms with E-state index in [1.165, 1.54) is 9.35 Å². The second-order valence-corrected chi connectivity index (χ2v) is 5.06. The number of hydrogen-bond acceptors (Lipinski definition) is 3. The molecule has 0 aliphatic rings. The van der Waals surface area contributed by atoms with E-state index < -0.39 is 0 Å². The van der Waals surface area contributed by atoms with Crippen LogP contribution in [-0.2, 0) is 11.2 Å². The molecule has 0 aliphatic carbocycles. The first-order valence-electron chi connectivity index (χ1n) is 4.71. The number of ether oxygens (including phenoxy) is 1. The van der Waals surface area contributed by atoms with Crippen molar-refractivity contribution < 1.29 is 4.74 Å². The standard InChI is InChI=1S/C10H16BrNOS/c1-3-12-9(6-13-2)5-10-4-8(11)7-14-10/h4,7,9,12H,3,5-6H2,1-2H3. The van der Waals surface area contributed by atoms with Crippen molar-refractivity contribution >= 4 is 27.3 Å². The van der Waals surface area contributed by atoms with E-state index in [0.29, 0.717) is 6.04 Å². The molecule has 4 heteroatoms. The smallest absolute Gasteiger partial charge is 0.0619 e. The molecule has 0 aliphatic heterocycles. The van der Waals surface area contributed by atoms with Crippen molar-refractivity contribution in [3.05, 3.63) is 20.8 Å². The van der Waals surface area contributed by atoms with E-state index in [-0.39, 0.29) is 0 Å². The number of methoxy groups -OCH3 is 1. The average Bonchev–Trinajstić information content (AvgIpc) is 2.52. The van der Waals surface area contributed by atoms with Gasteiger partial charge in [-0.2, -0.15) is 0 Å². The molecule has 1 aromatic rings. The molecule has 0 fully saturated rings. The minimum Gasteiger partial charge on any atom is -0.383 e. The van der Waals surface area contributed by atoms with Crippen molar-refractivity contribution in [3.8, 4) is 0 Å². The summed E-state index contributed by atoms with van der Waals surface area (Å²) in [6.07, 6.45) is 1.04. The maximum Gasteiger partial charge on any atom is 0.0619 e. The highest BCUT2D eigenvalue weighted by molar-refractivity contribution is 9.10. The van der Waals surface area contributed by atoms with Gasteiger partial charge < -0.3 is 10.1 Å². The van der Waals surface area contributed by atoms with E-state index in [1.54, 1.807) is 18.4 Å². The number of halogens is 1. The van der Waals surface area contributed by atoms with Gasteiger partial charge in [-0.25, -0.2) is 0 Å². The van der Waals surface area contributed by atoms with Gasteiger partial charge in [0.2, 0.25) is 0 Å². The molecular weight excluding hydrogens is 262 g/mol. The summed E-state index contributed by atoms with van der Waals surface area (Å²) in [5.41, 5.74) is 0. The van der Waals surface area contributed by atoms with Gasteiger partial charge in [0.1, 0.15) is 0 Å². The predicted molar refractivity (Wildman–Crippen MR) is 65.1 cm³/mol. The van der Waals surface area contributed by atoms with Crippen LogP contribution in [0.15, 0.2) is 15.9 Å². The molecule has 2 nitrogen and oxygen atoms in total. The third kappa shape index (κ3) is 4.09. The van der Waals surface area contributed by atoms with Crippen LogP contribution < -0.4 is 5.32 Å². The first-order chi connectivity index (χ1) is 6.76. The highest BCUT2D eigenvalue weighted by Gasteiger charge is 2.09. The zero-order valence-electron chi connectivity index (χ0n) is 8.55. The fourth-order valence-corrected chi connectivity index (χ4v) is 2.92. The SMILES string of the molecule is CCNC(COC)Cc1cc(Br)cs1. The molecule has 0 spiro atoms. The number of likely N-dealkylation sites (N-methyl/N-ethyl adjacent to an activating group) is 1. The summed E-state index contributed by atoms with van der Waals surface area (Å²) in [4.78, 5) is 1.39. The van der Waals surface area contributed by atoms with E-state index in [1.807, 2.05) is 0 Å². The van der Waals surface area contributed by atoms with Gasteiger partial charge in [-0.1, -0.05) is 6.92 Å². The molecule has 0 radical (unpaired) electrons. The Hall–Kier alpha value is 0.1000. The van der Waals surface area contributed by atoms with Crippen LogP contribution >= 0.6 is 27.3 Å². The van der Waals surface area contributed by atoms with E-state index in [4.69, 9.17) is 4.74 Å². The fraction of sp³-hybridized carbons (Fsp3) is 0.600. The lowest BCUT2D eigenvalue weighted by Crippen LogP contribution is -2.34. The molecule has 0 amide bonds. The maximum absolute atomic E-state index is 5.17. The highest BCUT2D eigenvalue weighted by atomic mass is 79.9. The number of thiophene rings is 1. The summed E-state index contributed by atoms with van der Waals surface area (Å²) in [6.45, 7) is 3.87. The lowest BCUT2D eigenvalue weighted by atomic mass is 10.2. The summed E-state index contributed by atoms with van der Waals surface area (Å²) in [7, 11) is 1.74. The molecule has 1 heterocycles. The lowest BCUT2D eigenvalue weighted by Gasteiger charge is -2.15. The predicted octanol–water partition coefficient (Wildman–Crippen LogP) is 2.68. The van der Waals surface area contributed by atoms with Crippen molar-refractivity contribution in [2.75, 3.05) is 20.3 Å². The highest BCUT2D eigenvalue weighted by Crippen LogP contribution is 2.20. The van der Waals surface area contributed by atoms with E-state index in [9.17, 15) is 0 Å². The van der Waals surface area contributed by atoms with Gasteiger partial charge in [-0.05, 0) is 35.0 Å². The molecule has 0 saturated heterocycles. The molecule has 0 bridgehead atoms. The van der Waals surface area contributed by atoms with Crippen molar-refractivity contribution in [2.45, 2.75) is 19.4 Å². The van der Waals surface area contributed by atoms with Gasteiger partial charge in [0.25, 0.3) is 0 Å². The largest absolute Gasteiger partial charge is 0.383 e. The van der Waals surface area contributed by atoms with Gasteiger partial charge in [0, 0.05) is 27.9 Å². The Bertz CT molecular complexity index is 258. The molecule has 0 saturated carbocycles. The lowest BCUT2D eigenvalue weighted by molar-refractivity contribution is 0.167. The monoisotopic (exact) mass is 277 g/mol. The summed E-state index contributed by atoms with van der Waals surface area (Å²) in [6, 6.07) is 2.60. The Labute approximate surface area is 97.8 Å². The van der Waals surface area contributed by atoms with Crippen molar-refractivity contribution in [1.29, 1.82) is 0 Å². The van der Waals surface area contributed by atoms with Crippen LogP contribution in [-0.4, -0.2) is 26.3 Å². The average molecular weight is 278 g/mol. The summed E-state index contributed by atoms with van der Waals surface area (Å²) < 4.78 is 6.34. The Morgan fingerprint density at radius 3 is 2.93 bits per heavy atom. The van der Waals surface area contributed by atoms with E-state index in [2.05, 4.69) is 39.6 Å². The van der Waals surface area contributed by atoms with Crippen molar-refractivity contribution in [3.63, 3.8) is 0 Å². The fourth-order valence-electron chi connectivity index (χ4n) is 1.38. The molecule has 0 aromatic carbocycles. The Morgan fingerprint density at radius 2 is 2.43 bits per heavy atom. The molecule has 1 N–H and O–H groups in total. The van der Waals surface area contributed by atoms with Crippen LogP contribution in [0.3, 0.4) is 0 Å². The zero-order valence-corrected chi connectivity index (χ0v) is 11.0. The topological polar surface area (TPSA) is 21.3 Å². The summed E-state index contributed by atoms with van der Waals surface area (Å²) >= 11 is 5.25.